The zero-order valence-corrected chi connectivity index (χ0v) is 19.0. The number of rotatable bonds is 4. The van der Waals surface area contributed by atoms with E-state index in [1.54, 1.807) is 0 Å². The second-order valence-corrected chi connectivity index (χ2v) is 8.26. The molecule has 0 aliphatic carbocycles. The first kappa shape index (κ1) is 23.7. The van der Waals surface area contributed by atoms with Crippen LogP contribution in [0.2, 0.25) is 5.02 Å². The number of guanidine groups is 1. The minimum absolute atomic E-state index is 0.234. The van der Waals surface area contributed by atoms with Gasteiger partial charge in [-0.3, -0.25) is 10.3 Å². The minimum atomic E-state index is -4.43. The van der Waals surface area contributed by atoms with Gasteiger partial charge >= 0.3 is 6.18 Å². The van der Waals surface area contributed by atoms with Crippen LogP contribution < -0.4 is 10.9 Å². The summed E-state index contributed by atoms with van der Waals surface area (Å²) in [5, 5.41) is 20.7. The molecule has 0 radical (unpaired) electrons. The fraction of sp³-hybridized carbons (Fsp3) is 0.318. The van der Waals surface area contributed by atoms with E-state index in [4.69, 9.17) is 11.6 Å². The third-order valence-corrected chi connectivity index (χ3v) is 5.82. The SMILES string of the molecule is CC1=NNN(C2CCCN2C(=Nc2ccc(C(F)(F)F)cc2)NC#N)N1Cc1ccc(Cl)cc1. The molecule has 4 rings (SSSR count). The highest BCUT2D eigenvalue weighted by molar-refractivity contribution is 6.30. The number of likely N-dealkylation sites (tertiary alicyclic amines) is 1. The maximum Gasteiger partial charge on any atom is 0.416 e. The van der Waals surface area contributed by atoms with Gasteiger partial charge in [0.15, 0.2) is 6.19 Å². The average Bonchev–Trinajstić information content (AvgIpc) is 3.42. The molecule has 1 fully saturated rings. The van der Waals surface area contributed by atoms with Crippen LogP contribution in [0.3, 0.4) is 0 Å². The molecule has 2 aliphatic rings. The van der Waals surface area contributed by atoms with Gasteiger partial charge in [-0.05, 0) is 61.7 Å². The van der Waals surface area contributed by atoms with Crippen molar-refractivity contribution in [1.82, 2.24) is 25.9 Å². The molecule has 1 unspecified atom stereocenters. The molecule has 0 saturated carbocycles. The van der Waals surface area contributed by atoms with E-state index in [1.807, 2.05) is 52.4 Å². The van der Waals surface area contributed by atoms with E-state index >= 15 is 0 Å². The molecule has 2 aliphatic heterocycles. The molecule has 8 nitrogen and oxygen atoms in total. The number of nitrogens with zero attached hydrogens (tertiary/aromatic N) is 6. The Balaban J connectivity index is 1.56. The van der Waals surface area contributed by atoms with Crippen LogP contribution in [0.15, 0.2) is 58.6 Å². The molecule has 178 valence electrons. The lowest BCUT2D eigenvalue weighted by Crippen LogP contribution is -2.58. The Morgan fingerprint density at radius 1 is 1.24 bits per heavy atom. The predicted octanol–water partition coefficient (Wildman–Crippen LogP) is 4.41. The van der Waals surface area contributed by atoms with Gasteiger partial charge in [0.1, 0.15) is 12.0 Å². The third kappa shape index (κ3) is 5.18. The van der Waals surface area contributed by atoms with Crippen molar-refractivity contribution in [2.24, 2.45) is 10.1 Å². The standard InChI is InChI=1S/C22H22ClF3N8/c1-15-30-31-34(33(15)13-16-4-8-18(23)9-5-16)20-3-2-12-32(20)21(28-14-27)29-19-10-6-17(7-11-19)22(24,25)26/h4-11,20,31H,2-3,12-13H2,1H3,(H,28,29). The van der Waals surface area contributed by atoms with Gasteiger partial charge in [0.25, 0.3) is 0 Å². The van der Waals surface area contributed by atoms with Crippen molar-refractivity contribution < 1.29 is 13.2 Å². The van der Waals surface area contributed by atoms with E-state index in [1.165, 1.54) is 12.1 Å². The third-order valence-electron chi connectivity index (χ3n) is 5.57. The smallest absolute Gasteiger partial charge is 0.322 e. The van der Waals surface area contributed by atoms with Gasteiger partial charge in [-0.2, -0.15) is 18.4 Å². The molecule has 1 atom stereocenters. The van der Waals surface area contributed by atoms with E-state index in [-0.39, 0.29) is 12.1 Å². The molecular weight excluding hydrogens is 469 g/mol. The van der Waals surface area contributed by atoms with Crippen LogP contribution in [-0.2, 0) is 12.7 Å². The number of halogens is 4. The fourth-order valence-electron chi connectivity index (χ4n) is 3.88. The summed E-state index contributed by atoms with van der Waals surface area (Å²) in [5.74, 6) is 1.01. The molecule has 0 aromatic heterocycles. The first-order valence-electron chi connectivity index (χ1n) is 10.5. The Kier molecular flexibility index (Phi) is 6.81. The summed E-state index contributed by atoms with van der Waals surface area (Å²) in [5.41, 5.74) is 3.61. The number of hydrazone groups is 1. The van der Waals surface area contributed by atoms with Crippen molar-refractivity contribution in [1.29, 1.82) is 5.26 Å². The number of hydrogen-bond acceptors (Lipinski definition) is 6. The van der Waals surface area contributed by atoms with Crippen molar-refractivity contribution in [3.05, 3.63) is 64.7 Å². The van der Waals surface area contributed by atoms with E-state index in [9.17, 15) is 18.4 Å². The molecule has 12 heteroatoms. The lowest BCUT2D eigenvalue weighted by molar-refractivity contribution is -0.137. The topological polar surface area (TPSA) is 82.3 Å². The molecule has 2 heterocycles. The summed E-state index contributed by atoms with van der Waals surface area (Å²) in [7, 11) is 0. The quantitative estimate of drug-likeness (QED) is 0.286. The number of nitriles is 1. The number of aliphatic imine (C=N–C) groups is 1. The molecular formula is C22H22ClF3N8. The molecule has 0 bridgehead atoms. The zero-order chi connectivity index (χ0) is 24.3. The monoisotopic (exact) mass is 490 g/mol. The van der Waals surface area contributed by atoms with Crippen LogP contribution in [0.25, 0.3) is 0 Å². The van der Waals surface area contributed by atoms with Gasteiger partial charge in [-0.25, -0.2) is 10.5 Å². The first-order valence-corrected chi connectivity index (χ1v) is 10.9. The van der Waals surface area contributed by atoms with Crippen molar-refractivity contribution in [3.63, 3.8) is 0 Å². The highest BCUT2D eigenvalue weighted by atomic mass is 35.5. The van der Waals surface area contributed by atoms with Crippen molar-refractivity contribution >= 4 is 29.1 Å². The maximum atomic E-state index is 12.9. The van der Waals surface area contributed by atoms with Gasteiger partial charge < -0.3 is 4.90 Å². The average molecular weight is 491 g/mol. The van der Waals surface area contributed by atoms with Crippen LogP contribution in [0.1, 0.15) is 30.9 Å². The van der Waals surface area contributed by atoms with Gasteiger partial charge in [-0.1, -0.05) is 28.9 Å². The van der Waals surface area contributed by atoms with Gasteiger partial charge in [0, 0.05) is 11.6 Å². The van der Waals surface area contributed by atoms with E-state index in [2.05, 4.69) is 20.9 Å². The lowest BCUT2D eigenvalue weighted by Gasteiger charge is -2.38. The minimum Gasteiger partial charge on any atom is -0.322 e. The van der Waals surface area contributed by atoms with Crippen molar-refractivity contribution in [2.75, 3.05) is 6.54 Å². The molecule has 0 amide bonds. The zero-order valence-electron chi connectivity index (χ0n) is 18.2. The highest BCUT2D eigenvalue weighted by Gasteiger charge is 2.38. The van der Waals surface area contributed by atoms with Crippen LogP contribution in [0.4, 0.5) is 18.9 Å². The predicted molar refractivity (Wildman–Crippen MR) is 122 cm³/mol. The number of nitrogens with one attached hydrogen (secondary N) is 2. The second-order valence-electron chi connectivity index (χ2n) is 7.82. The maximum absolute atomic E-state index is 12.9. The molecule has 2 N–H and O–H groups in total. The summed E-state index contributed by atoms with van der Waals surface area (Å²) in [6, 6.07) is 12.0. The van der Waals surface area contributed by atoms with Crippen LogP contribution in [0.5, 0.6) is 0 Å². The summed E-state index contributed by atoms with van der Waals surface area (Å²) in [4.78, 5) is 6.33. The number of amidine groups is 1. The number of hydrogen-bond donors (Lipinski definition) is 2. The van der Waals surface area contributed by atoms with Crippen molar-refractivity contribution in [2.45, 2.75) is 38.7 Å². The first-order chi connectivity index (χ1) is 16.3. The van der Waals surface area contributed by atoms with Gasteiger partial charge in [0.2, 0.25) is 5.96 Å². The van der Waals surface area contributed by atoms with Crippen LogP contribution >= 0.6 is 11.6 Å². The number of alkyl halides is 3. The second kappa shape index (κ2) is 9.79. The van der Waals surface area contributed by atoms with E-state index < -0.39 is 11.7 Å². The van der Waals surface area contributed by atoms with Crippen molar-refractivity contribution in [3.8, 4) is 6.19 Å². The lowest BCUT2D eigenvalue weighted by atomic mass is 10.2. The summed E-state index contributed by atoms with van der Waals surface area (Å²) in [6.45, 7) is 3.03. The van der Waals surface area contributed by atoms with Crippen LogP contribution in [-0.4, -0.2) is 39.5 Å². The normalized spacial score (nSPS) is 19.1. The van der Waals surface area contributed by atoms with E-state index in [0.29, 0.717) is 23.8 Å². The molecule has 0 spiro atoms. The summed E-state index contributed by atoms with van der Waals surface area (Å²) < 4.78 is 38.6. The Hall–Kier alpha value is -3.49. The Morgan fingerprint density at radius 2 is 1.94 bits per heavy atom. The number of hydrazine groups is 2. The Morgan fingerprint density at radius 3 is 2.59 bits per heavy atom. The molecule has 34 heavy (non-hydrogen) atoms. The Labute approximate surface area is 199 Å². The van der Waals surface area contributed by atoms with Crippen LogP contribution in [0, 0.1) is 11.5 Å². The largest absolute Gasteiger partial charge is 0.416 e. The van der Waals surface area contributed by atoms with Gasteiger partial charge in [-0.15, -0.1) is 5.10 Å². The van der Waals surface area contributed by atoms with E-state index in [0.717, 1.165) is 36.4 Å². The summed E-state index contributed by atoms with van der Waals surface area (Å²) >= 11 is 6.00. The molecule has 1 saturated heterocycles. The summed E-state index contributed by atoms with van der Waals surface area (Å²) in [6.07, 6.45) is -1.20. The Bertz CT molecular complexity index is 1110. The fourth-order valence-corrected chi connectivity index (χ4v) is 4.01. The highest BCUT2D eigenvalue weighted by Crippen LogP contribution is 2.31. The molecule has 2 aromatic rings. The molecule has 2 aromatic carbocycles. The van der Waals surface area contributed by atoms with Gasteiger partial charge in [0.05, 0.1) is 17.8 Å². The number of benzene rings is 2.